The minimum absolute atomic E-state index is 0.00260. The van der Waals surface area contributed by atoms with Gasteiger partial charge < -0.3 is 52.6 Å². The molecular weight excluding hydrogens is 699 g/mol. The first kappa shape index (κ1) is 35.1. The number of aliphatic hydroxyl groups is 1. The van der Waals surface area contributed by atoms with E-state index in [0.717, 1.165) is 12.5 Å². The average Bonchev–Trinajstić information content (AvgIpc) is 3.84. The molecule has 6 rings (SSSR count). The topological polar surface area (TPSA) is 265 Å². The zero-order chi connectivity index (χ0) is 34.7. The van der Waals surface area contributed by atoms with Crippen LogP contribution < -0.4 is 16.2 Å². The molecule has 0 saturated carbocycles. The standard InChI is InChI=1S/C25H32FN9O12P2/c1-27-2-3-42-25(38)33-21-20-23(30-9-28-21)35(11-32-20)18-5-14(16(46-18)8-43-48(39)40)47-49(41)44-7-15-13(36)4-17(45-15)34-6-12(26)19-22(34)29-10-31-24(19)37/h6,9-11,13-18,27,36,48-49H,2-5,7-8H2,1H3,(H,39,40)(H,29,31,37)(H,28,30,33,38)/t13-,14-,15+,16?,17+,18+/m0/s1. The molecule has 0 aromatic carbocycles. The van der Waals surface area contributed by atoms with Crippen molar-refractivity contribution in [1.29, 1.82) is 0 Å². The van der Waals surface area contributed by atoms with Crippen molar-refractivity contribution < 1.29 is 56.1 Å². The molecule has 2 fully saturated rings. The van der Waals surface area contributed by atoms with Gasteiger partial charge in [-0.1, -0.05) is 0 Å². The largest absolute Gasteiger partial charge is 0.448 e. The minimum atomic E-state index is -3.35. The first-order valence-electron chi connectivity index (χ1n) is 14.8. The number of likely N-dealkylation sites (N-methyl/N-ethyl adjacent to an activating group) is 1. The van der Waals surface area contributed by atoms with Crippen LogP contribution in [-0.4, -0.2) is 108 Å². The summed E-state index contributed by atoms with van der Waals surface area (Å²) >= 11 is 0. The molecule has 49 heavy (non-hydrogen) atoms. The highest BCUT2D eigenvalue weighted by atomic mass is 31.1. The molecule has 2 aliphatic heterocycles. The van der Waals surface area contributed by atoms with E-state index in [1.54, 1.807) is 7.05 Å². The minimum Gasteiger partial charge on any atom is -0.448 e. The maximum Gasteiger partial charge on any atom is 0.412 e. The predicted molar refractivity (Wildman–Crippen MR) is 165 cm³/mol. The summed E-state index contributed by atoms with van der Waals surface area (Å²) in [6.45, 7) is -0.184. The molecule has 4 aromatic heterocycles. The van der Waals surface area contributed by atoms with E-state index in [1.165, 1.54) is 21.8 Å². The SMILES string of the molecule is CNCCOC(=O)Nc1ncnc2c1ncn2[C@H]1C[C@H](O[PH](=O)OC[C@H]2O[C@@H](n3cc(F)c4c(=O)[nH]cnc43)C[C@@H]2O)C(CO[PH](=O)O)O1. The maximum atomic E-state index is 14.4. The number of carbonyl (C=O) groups is 1. The maximum absolute atomic E-state index is 14.4. The molecule has 0 radical (unpaired) electrons. The molecule has 8 atom stereocenters. The number of aromatic nitrogens is 7. The number of carbonyl (C=O) groups excluding carboxylic acids is 1. The van der Waals surface area contributed by atoms with Gasteiger partial charge in [-0.15, -0.1) is 0 Å². The van der Waals surface area contributed by atoms with Crippen molar-refractivity contribution in [2.45, 2.75) is 49.7 Å². The van der Waals surface area contributed by atoms with Gasteiger partial charge in [0.05, 0.1) is 38.1 Å². The van der Waals surface area contributed by atoms with Crippen molar-refractivity contribution in [3.8, 4) is 0 Å². The van der Waals surface area contributed by atoms with Crippen LogP contribution in [0.25, 0.3) is 22.2 Å². The molecule has 0 aliphatic carbocycles. The monoisotopic (exact) mass is 731 g/mol. The Kier molecular flexibility index (Phi) is 11.1. The second-order valence-electron chi connectivity index (χ2n) is 10.8. The number of H-pyrrole nitrogens is 1. The summed E-state index contributed by atoms with van der Waals surface area (Å²) in [4.78, 5) is 52.3. The van der Waals surface area contributed by atoms with E-state index in [0.29, 0.717) is 6.54 Å². The predicted octanol–water partition coefficient (Wildman–Crippen LogP) is 0.597. The molecule has 0 spiro atoms. The number of rotatable bonds is 14. The van der Waals surface area contributed by atoms with E-state index in [-0.39, 0.29) is 60.7 Å². The summed E-state index contributed by atoms with van der Waals surface area (Å²) in [5.74, 6) is -0.726. The van der Waals surface area contributed by atoms with Gasteiger partial charge in [-0.2, -0.15) is 0 Å². The highest BCUT2D eigenvalue weighted by Crippen LogP contribution is 2.40. The number of ether oxygens (including phenoxy) is 3. The molecule has 0 bridgehead atoms. The number of fused-ring (bicyclic) bond motifs is 2. The average molecular weight is 732 g/mol. The number of halogens is 1. The number of aliphatic hydroxyl groups excluding tert-OH is 1. The number of amides is 1. The summed E-state index contributed by atoms with van der Waals surface area (Å²) in [7, 11) is -4.92. The molecule has 2 aliphatic rings. The smallest absolute Gasteiger partial charge is 0.412 e. The van der Waals surface area contributed by atoms with Crippen LogP contribution in [0.1, 0.15) is 25.3 Å². The van der Waals surface area contributed by atoms with Gasteiger partial charge in [-0.3, -0.25) is 23.8 Å². The Balaban J connectivity index is 1.09. The Hall–Kier alpha value is -3.69. The van der Waals surface area contributed by atoms with Crippen LogP contribution in [0.2, 0.25) is 0 Å². The molecule has 266 valence electrons. The molecule has 4 aromatic rings. The number of nitrogens with zero attached hydrogens (tertiary/aromatic N) is 6. The number of aromatic amines is 1. The van der Waals surface area contributed by atoms with Crippen molar-refractivity contribution in [3.05, 3.63) is 41.3 Å². The number of nitrogens with one attached hydrogen (secondary N) is 3. The molecule has 1 amide bonds. The van der Waals surface area contributed by atoms with E-state index in [2.05, 4.69) is 35.6 Å². The number of imidazole rings is 1. The van der Waals surface area contributed by atoms with Crippen molar-refractivity contribution >= 4 is 50.6 Å². The number of anilines is 1. The van der Waals surface area contributed by atoms with Crippen LogP contribution in [-0.2, 0) is 36.9 Å². The highest BCUT2D eigenvalue weighted by molar-refractivity contribution is 7.33. The molecular formula is C25H32FN9O12P2. The van der Waals surface area contributed by atoms with E-state index in [9.17, 15) is 33.1 Å². The Morgan fingerprint density at radius 2 is 1.88 bits per heavy atom. The zero-order valence-electron chi connectivity index (χ0n) is 25.6. The van der Waals surface area contributed by atoms with Crippen LogP contribution in [0.4, 0.5) is 15.0 Å². The van der Waals surface area contributed by atoms with E-state index in [1.807, 2.05) is 0 Å². The fraction of sp³-hybridized carbons (Fsp3) is 0.520. The lowest BCUT2D eigenvalue weighted by Gasteiger charge is -2.19. The highest BCUT2D eigenvalue weighted by Gasteiger charge is 2.41. The van der Waals surface area contributed by atoms with Gasteiger partial charge >= 0.3 is 22.6 Å². The summed E-state index contributed by atoms with van der Waals surface area (Å²) < 4.78 is 74.4. The molecule has 6 heterocycles. The second kappa shape index (κ2) is 15.5. The van der Waals surface area contributed by atoms with Gasteiger partial charge in [-0.05, 0) is 7.05 Å². The quantitative estimate of drug-likeness (QED) is 0.0878. The Morgan fingerprint density at radius 3 is 2.67 bits per heavy atom. The van der Waals surface area contributed by atoms with Crippen LogP contribution in [0.15, 0.2) is 30.0 Å². The normalized spacial score (nSPS) is 25.2. The van der Waals surface area contributed by atoms with Gasteiger partial charge in [0.2, 0.25) is 0 Å². The van der Waals surface area contributed by atoms with Crippen LogP contribution >= 0.6 is 16.5 Å². The van der Waals surface area contributed by atoms with E-state index in [4.69, 9.17) is 27.8 Å². The van der Waals surface area contributed by atoms with Crippen molar-refractivity contribution in [3.63, 3.8) is 0 Å². The van der Waals surface area contributed by atoms with Crippen LogP contribution in [0.3, 0.4) is 0 Å². The fourth-order valence-corrected chi connectivity index (χ4v) is 6.61. The number of hydrogen-bond donors (Lipinski definition) is 5. The van der Waals surface area contributed by atoms with Gasteiger partial charge in [0, 0.05) is 25.6 Å². The Labute approximate surface area is 275 Å². The summed E-state index contributed by atoms with van der Waals surface area (Å²) in [6, 6.07) is 0. The third kappa shape index (κ3) is 7.88. The van der Waals surface area contributed by atoms with E-state index >= 15 is 0 Å². The van der Waals surface area contributed by atoms with Crippen LogP contribution in [0.5, 0.6) is 0 Å². The first-order chi connectivity index (χ1) is 23.6. The number of hydrogen-bond acceptors (Lipinski definition) is 16. The molecule has 21 nitrogen and oxygen atoms in total. The summed E-state index contributed by atoms with van der Waals surface area (Å²) in [5.41, 5.74) is -0.156. The lowest BCUT2D eigenvalue weighted by atomic mass is 10.2. The van der Waals surface area contributed by atoms with Gasteiger partial charge in [0.1, 0.15) is 43.0 Å². The van der Waals surface area contributed by atoms with Crippen molar-refractivity contribution in [2.75, 3.05) is 38.7 Å². The Bertz CT molecular complexity index is 1910. The fourth-order valence-electron chi connectivity index (χ4n) is 5.44. The molecule has 3 unspecified atom stereocenters. The molecule has 2 saturated heterocycles. The van der Waals surface area contributed by atoms with Gasteiger partial charge in [0.25, 0.3) is 5.56 Å². The molecule has 5 N–H and O–H groups in total. The zero-order valence-corrected chi connectivity index (χ0v) is 27.6. The van der Waals surface area contributed by atoms with Crippen LogP contribution in [0, 0.1) is 5.82 Å². The summed E-state index contributed by atoms with van der Waals surface area (Å²) in [5, 5.41) is 15.7. The third-order valence-corrected chi connectivity index (χ3v) is 9.03. The van der Waals surface area contributed by atoms with E-state index < -0.39 is 70.9 Å². The third-order valence-electron chi connectivity index (χ3n) is 7.72. The van der Waals surface area contributed by atoms with Gasteiger partial charge in [0.15, 0.2) is 28.4 Å². The Morgan fingerprint density at radius 1 is 1.10 bits per heavy atom. The first-order valence-corrected chi connectivity index (χ1v) is 17.3. The summed E-state index contributed by atoms with van der Waals surface area (Å²) in [6.07, 6.45) is -1.69. The van der Waals surface area contributed by atoms with Gasteiger partial charge in [-0.25, -0.2) is 29.1 Å². The second-order valence-corrected chi connectivity index (χ2v) is 12.7. The van der Waals surface area contributed by atoms with Crippen molar-refractivity contribution in [2.24, 2.45) is 0 Å². The van der Waals surface area contributed by atoms with Crippen molar-refractivity contribution in [1.82, 2.24) is 39.4 Å². The molecule has 24 heteroatoms. The lowest BCUT2D eigenvalue weighted by molar-refractivity contribution is -0.0457. The lowest BCUT2D eigenvalue weighted by Crippen LogP contribution is -2.28.